The van der Waals surface area contributed by atoms with Crippen molar-refractivity contribution in [1.82, 2.24) is 9.88 Å². The average molecular weight is 278 g/mol. The summed E-state index contributed by atoms with van der Waals surface area (Å²) in [5, 5.41) is 9.78. The maximum atomic E-state index is 8.73. The van der Waals surface area contributed by atoms with Crippen LogP contribution in [0, 0.1) is 0 Å². The zero-order valence-electron chi connectivity index (χ0n) is 12.1. The van der Waals surface area contributed by atoms with Gasteiger partial charge in [-0.25, -0.2) is 0 Å². The first-order chi connectivity index (χ1) is 9.76. The van der Waals surface area contributed by atoms with E-state index < -0.39 is 0 Å². The highest BCUT2D eigenvalue weighted by atomic mass is 17.2. The molecule has 0 bridgehead atoms. The fourth-order valence-electron chi connectivity index (χ4n) is 2.10. The Labute approximate surface area is 119 Å². The molecule has 0 spiro atoms. The Morgan fingerprint density at radius 1 is 1.35 bits per heavy atom. The van der Waals surface area contributed by atoms with Gasteiger partial charge in [0.25, 0.3) is 0 Å². The van der Waals surface area contributed by atoms with Gasteiger partial charge < -0.3 is 19.9 Å². The number of H-pyrrole nitrogens is 1. The summed E-state index contributed by atoms with van der Waals surface area (Å²) in [6.45, 7) is 4.28. The molecule has 0 unspecified atom stereocenters. The van der Waals surface area contributed by atoms with Crippen LogP contribution in [-0.2, 0) is 11.3 Å². The van der Waals surface area contributed by atoms with Gasteiger partial charge in [0.05, 0.1) is 6.61 Å². The number of nitrogens with one attached hydrogen (secondary N) is 1. The second-order valence-corrected chi connectivity index (χ2v) is 4.77. The number of likely N-dealkylation sites (N-methyl/N-ethyl adjacent to an activating group) is 1. The molecule has 1 heterocycles. The van der Waals surface area contributed by atoms with Gasteiger partial charge in [-0.05, 0) is 37.7 Å². The van der Waals surface area contributed by atoms with E-state index in [1.54, 1.807) is 0 Å². The van der Waals surface area contributed by atoms with Crippen LogP contribution in [0.15, 0.2) is 24.4 Å². The molecule has 5 nitrogen and oxygen atoms in total. The average Bonchev–Trinajstić information content (AvgIpc) is 2.89. The molecule has 2 N–H and O–H groups in total. The molecule has 0 saturated heterocycles. The van der Waals surface area contributed by atoms with Gasteiger partial charge in [-0.15, -0.1) is 0 Å². The number of hydrogen-bond acceptors (Lipinski definition) is 4. The summed E-state index contributed by atoms with van der Waals surface area (Å²) in [5.74, 6) is 0.686. The topological polar surface area (TPSA) is 57.7 Å². The summed E-state index contributed by atoms with van der Waals surface area (Å²) in [6.07, 6.45) is 2.97. The molecule has 0 atom stereocenters. The third kappa shape index (κ3) is 3.50. The molecule has 1 aromatic carbocycles. The van der Waals surface area contributed by atoms with Crippen LogP contribution >= 0.6 is 0 Å². The SMILES string of the molecule is CCN(C)CCc1c[nH]c2cccc(OOCCO)c12. The minimum absolute atomic E-state index is 0.0583. The van der Waals surface area contributed by atoms with E-state index in [0.717, 1.165) is 30.4 Å². The van der Waals surface area contributed by atoms with E-state index in [1.807, 2.05) is 24.4 Å². The van der Waals surface area contributed by atoms with Crippen LogP contribution in [0.1, 0.15) is 12.5 Å². The lowest BCUT2D eigenvalue weighted by molar-refractivity contribution is -0.211. The summed E-state index contributed by atoms with van der Waals surface area (Å²) in [5.41, 5.74) is 2.24. The van der Waals surface area contributed by atoms with Gasteiger partial charge in [-0.2, -0.15) is 4.89 Å². The maximum Gasteiger partial charge on any atom is 0.175 e. The lowest BCUT2D eigenvalue weighted by atomic mass is 10.1. The molecule has 2 rings (SSSR count). The number of aromatic amines is 1. The number of rotatable bonds is 8. The molecule has 0 saturated carbocycles. The molecule has 0 radical (unpaired) electrons. The second kappa shape index (κ2) is 7.28. The number of nitrogens with zero attached hydrogens (tertiary/aromatic N) is 1. The largest absolute Gasteiger partial charge is 0.394 e. The summed E-state index contributed by atoms with van der Waals surface area (Å²) in [6, 6.07) is 5.81. The van der Waals surface area contributed by atoms with Gasteiger partial charge in [-0.1, -0.05) is 13.0 Å². The normalized spacial score (nSPS) is 11.4. The first-order valence-corrected chi connectivity index (χ1v) is 6.94. The summed E-state index contributed by atoms with van der Waals surface area (Å²) >= 11 is 0. The van der Waals surface area contributed by atoms with Gasteiger partial charge in [-0.3, -0.25) is 0 Å². The van der Waals surface area contributed by atoms with Crippen molar-refractivity contribution >= 4 is 10.9 Å². The van der Waals surface area contributed by atoms with E-state index in [-0.39, 0.29) is 13.2 Å². The van der Waals surface area contributed by atoms with E-state index in [0.29, 0.717) is 5.75 Å². The highest BCUT2D eigenvalue weighted by molar-refractivity contribution is 5.89. The molecular weight excluding hydrogens is 256 g/mol. The van der Waals surface area contributed by atoms with Gasteiger partial charge in [0, 0.05) is 23.6 Å². The first kappa shape index (κ1) is 14.8. The number of fused-ring (bicyclic) bond motifs is 1. The van der Waals surface area contributed by atoms with Crippen LogP contribution in [-0.4, -0.2) is 48.3 Å². The first-order valence-electron chi connectivity index (χ1n) is 6.94. The Morgan fingerprint density at radius 2 is 2.20 bits per heavy atom. The lowest BCUT2D eigenvalue weighted by Gasteiger charge is -2.13. The minimum atomic E-state index is -0.0583. The van der Waals surface area contributed by atoms with Crippen LogP contribution in [0.4, 0.5) is 0 Å². The molecule has 20 heavy (non-hydrogen) atoms. The third-order valence-corrected chi connectivity index (χ3v) is 3.38. The molecule has 2 aromatic rings. The van der Waals surface area contributed by atoms with Crippen LogP contribution in [0.3, 0.4) is 0 Å². The van der Waals surface area contributed by atoms with Crippen molar-refractivity contribution in [3.8, 4) is 5.75 Å². The van der Waals surface area contributed by atoms with Crippen molar-refractivity contribution in [1.29, 1.82) is 0 Å². The second-order valence-electron chi connectivity index (χ2n) is 4.77. The Bertz CT molecular complexity index is 539. The maximum absolute atomic E-state index is 8.73. The highest BCUT2D eigenvalue weighted by Crippen LogP contribution is 2.29. The Morgan fingerprint density at radius 3 is 2.95 bits per heavy atom. The Hall–Kier alpha value is -1.56. The number of aliphatic hydroxyl groups is 1. The number of aliphatic hydroxyl groups excluding tert-OH is 1. The third-order valence-electron chi connectivity index (χ3n) is 3.38. The van der Waals surface area contributed by atoms with Gasteiger partial charge in [0.2, 0.25) is 0 Å². The van der Waals surface area contributed by atoms with Crippen molar-refractivity contribution < 1.29 is 14.9 Å². The predicted octanol–water partition coefficient (Wildman–Crippen LogP) is 1.96. The van der Waals surface area contributed by atoms with E-state index in [1.165, 1.54) is 5.56 Å². The number of hydrogen-bond donors (Lipinski definition) is 2. The quantitative estimate of drug-likeness (QED) is 0.440. The van der Waals surface area contributed by atoms with Crippen LogP contribution in [0.5, 0.6) is 5.75 Å². The lowest BCUT2D eigenvalue weighted by Crippen LogP contribution is -2.20. The van der Waals surface area contributed by atoms with E-state index in [9.17, 15) is 0 Å². The zero-order chi connectivity index (χ0) is 14.4. The van der Waals surface area contributed by atoms with Gasteiger partial charge in [0.1, 0.15) is 6.61 Å². The number of benzene rings is 1. The van der Waals surface area contributed by atoms with Crippen molar-refractivity contribution in [3.63, 3.8) is 0 Å². The summed E-state index contributed by atoms with van der Waals surface area (Å²) < 4.78 is 0. The van der Waals surface area contributed by atoms with Crippen molar-refractivity contribution in [3.05, 3.63) is 30.0 Å². The van der Waals surface area contributed by atoms with Crippen LogP contribution in [0.2, 0.25) is 0 Å². The molecule has 0 aliphatic heterocycles. The van der Waals surface area contributed by atoms with Crippen LogP contribution in [0.25, 0.3) is 10.9 Å². The van der Waals surface area contributed by atoms with Gasteiger partial charge >= 0.3 is 0 Å². The van der Waals surface area contributed by atoms with E-state index in [2.05, 4.69) is 23.9 Å². The molecule has 1 aromatic heterocycles. The molecule has 0 fully saturated rings. The zero-order valence-corrected chi connectivity index (χ0v) is 12.1. The molecule has 5 heteroatoms. The number of aromatic nitrogens is 1. The standard InChI is InChI=1S/C15H22N2O3/c1-3-17(2)8-7-12-11-16-13-5-4-6-14(15(12)13)20-19-10-9-18/h4-6,11,16,18H,3,7-10H2,1-2H3. The van der Waals surface area contributed by atoms with E-state index in [4.69, 9.17) is 14.9 Å². The molecule has 0 aliphatic rings. The predicted molar refractivity (Wildman–Crippen MR) is 78.8 cm³/mol. The fourth-order valence-corrected chi connectivity index (χ4v) is 2.10. The summed E-state index contributed by atoms with van der Waals surface area (Å²) in [4.78, 5) is 15.8. The van der Waals surface area contributed by atoms with Crippen LogP contribution < -0.4 is 4.89 Å². The fraction of sp³-hybridized carbons (Fsp3) is 0.467. The smallest absolute Gasteiger partial charge is 0.175 e. The molecule has 0 aliphatic carbocycles. The summed E-state index contributed by atoms with van der Waals surface area (Å²) in [7, 11) is 2.11. The van der Waals surface area contributed by atoms with Crippen molar-refractivity contribution in [2.45, 2.75) is 13.3 Å². The molecule has 110 valence electrons. The van der Waals surface area contributed by atoms with Crippen molar-refractivity contribution in [2.24, 2.45) is 0 Å². The van der Waals surface area contributed by atoms with Crippen molar-refractivity contribution in [2.75, 3.05) is 33.4 Å². The highest BCUT2D eigenvalue weighted by Gasteiger charge is 2.11. The Balaban J connectivity index is 2.17. The molecular formula is C15H22N2O3. The van der Waals surface area contributed by atoms with E-state index >= 15 is 0 Å². The van der Waals surface area contributed by atoms with Gasteiger partial charge in [0.15, 0.2) is 5.75 Å². The monoisotopic (exact) mass is 278 g/mol. The minimum Gasteiger partial charge on any atom is -0.394 e. The Kier molecular flexibility index (Phi) is 5.40. The molecule has 0 amide bonds.